The number of aliphatic imine (C=N–C) groups is 1. The van der Waals surface area contributed by atoms with Crippen molar-refractivity contribution < 1.29 is 14.1 Å². The normalized spacial score (nSPS) is 15.5. The van der Waals surface area contributed by atoms with Gasteiger partial charge in [-0.05, 0) is 36.9 Å². The zero-order valence-corrected chi connectivity index (χ0v) is 14.5. The second kappa shape index (κ2) is 6.14. The third-order valence-electron chi connectivity index (χ3n) is 3.91. The summed E-state index contributed by atoms with van der Waals surface area (Å²) in [4.78, 5) is 17.6. The van der Waals surface area contributed by atoms with Crippen molar-refractivity contribution in [1.82, 2.24) is 5.16 Å². The molecule has 3 heterocycles. The van der Waals surface area contributed by atoms with Crippen molar-refractivity contribution in [2.75, 3.05) is 0 Å². The van der Waals surface area contributed by atoms with Crippen LogP contribution in [-0.4, -0.2) is 17.0 Å². The lowest BCUT2D eigenvalue weighted by Crippen LogP contribution is -2.07. The zero-order valence-electron chi connectivity index (χ0n) is 13.6. The molecule has 0 unspecified atom stereocenters. The van der Waals surface area contributed by atoms with Crippen LogP contribution in [0, 0.1) is 13.8 Å². The van der Waals surface area contributed by atoms with Gasteiger partial charge in [0.05, 0.1) is 0 Å². The average molecular weight is 350 g/mol. The van der Waals surface area contributed by atoms with Gasteiger partial charge in [0.25, 0.3) is 0 Å². The fraction of sp³-hybridized carbons (Fsp3) is 0.105. The smallest absolute Gasteiger partial charge is 0.363 e. The fourth-order valence-corrected chi connectivity index (χ4v) is 3.44. The number of aryl methyl sites for hydroxylation is 2. The summed E-state index contributed by atoms with van der Waals surface area (Å²) in [6.45, 7) is 3.77. The molecule has 25 heavy (non-hydrogen) atoms. The lowest BCUT2D eigenvalue weighted by atomic mass is 10.1. The van der Waals surface area contributed by atoms with E-state index in [1.54, 1.807) is 24.3 Å². The monoisotopic (exact) mass is 350 g/mol. The molecule has 1 aliphatic heterocycles. The Morgan fingerprint density at radius 3 is 2.64 bits per heavy atom. The quantitative estimate of drug-likeness (QED) is 0.520. The van der Waals surface area contributed by atoms with E-state index in [2.05, 4.69) is 10.1 Å². The number of thiophene rings is 1. The maximum Gasteiger partial charge on any atom is 0.363 e. The molecule has 5 nitrogen and oxygen atoms in total. The van der Waals surface area contributed by atoms with Crippen LogP contribution >= 0.6 is 11.3 Å². The van der Waals surface area contributed by atoms with Gasteiger partial charge < -0.3 is 9.26 Å². The number of ether oxygens (including phenoxy) is 1. The molecular weight excluding hydrogens is 336 g/mol. The lowest BCUT2D eigenvalue weighted by Gasteiger charge is -2.01. The van der Waals surface area contributed by atoms with E-state index in [4.69, 9.17) is 9.26 Å². The molecular formula is C19H14N2O3S. The van der Waals surface area contributed by atoms with Crippen molar-refractivity contribution in [1.29, 1.82) is 0 Å². The topological polar surface area (TPSA) is 64.7 Å². The van der Waals surface area contributed by atoms with E-state index in [0.717, 1.165) is 16.0 Å². The highest BCUT2D eigenvalue weighted by Crippen LogP contribution is 2.30. The molecule has 124 valence electrons. The summed E-state index contributed by atoms with van der Waals surface area (Å²) in [5.74, 6) is 0.310. The van der Waals surface area contributed by atoms with E-state index < -0.39 is 5.97 Å². The Balaban J connectivity index is 1.78. The number of hydrogen-bond donors (Lipinski definition) is 0. The van der Waals surface area contributed by atoms with Crippen LogP contribution in [0.5, 0.6) is 0 Å². The minimum absolute atomic E-state index is 0.225. The van der Waals surface area contributed by atoms with E-state index in [1.165, 1.54) is 0 Å². The molecule has 0 spiro atoms. The van der Waals surface area contributed by atoms with Gasteiger partial charge in [-0.3, -0.25) is 0 Å². The van der Waals surface area contributed by atoms with Gasteiger partial charge in [0.15, 0.2) is 5.70 Å². The molecule has 0 aliphatic carbocycles. The van der Waals surface area contributed by atoms with Gasteiger partial charge in [0.2, 0.25) is 5.90 Å². The molecule has 0 bridgehead atoms. The van der Waals surface area contributed by atoms with Crippen LogP contribution < -0.4 is 0 Å². The summed E-state index contributed by atoms with van der Waals surface area (Å²) in [6, 6.07) is 11.6. The summed E-state index contributed by atoms with van der Waals surface area (Å²) in [5.41, 5.74) is 3.46. The fourth-order valence-electron chi connectivity index (χ4n) is 2.59. The van der Waals surface area contributed by atoms with Gasteiger partial charge in [-0.2, -0.15) is 0 Å². The highest BCUT2D eigenvalue weighted by atomic mass is 32.1. The van der Waals surface area contributed by atoms with Gasteiger partial charge in [-0.1, -0.05) is 35.5 Å². The van der Waals surface area contributed by atoms with Crippen LogP contribution in [0.1, 0.15) is 21.8 Å². The van der Waals surface area contributed by atoms with Gasteiger partial charge in [0, 0.05) is 10.4 Å². The molecule has 0 amide bonds. The van der Waals surface area contributed by atoms with Crippen molar-refractivity contribution in [2.45, 2.75) is 13.8 Å². The minimum Gasteiger partial charge on any atom is -0.402 e. The van der Waals surface area contributed by atoms with E-state index in [-0.39, 0.29) is 11.6 Å². The predicted molar refractivity (Wildman–Crippen MR) is 96.3 cm³/mol. The molecule has 4 rings (SSSR count). The molecule has 0 atom stereocenters. The molecule has 0 radical (unpaired) electrons. The molecule has 0 saturated carbocycles. The average Bonchev–Trinajstić information content (AvgIpc) is 3.29. The van der Waals surface area contributed by atoms with E-state index in [9.17, 15) is 4.79 Å². The first kappa shape index (κ1) is 15.5. The molecule has 0 fully saturated rings. The Hall–Kier alpha value is -2.99. The Morgan fingerprint density at radius 2 is 1.92 bits per heavy atom. The first-order chi connectivity index (χ1) is 12.1. The third-order valence-corrected chi connectivity index (χ3v) is 4.88. The molecule has 6 heteroatoms. The Bertz CT molecular complexity index is 1010. The van der Waals surface area contributed by atoms with Crippen LogP contribution in [0.2, 0.25) is 0 Å². The molecule has 3 aromatic rings. The summed E-state index contributed by atoms with van der Waals surface area (Å²) >= 11 is 1.56. The summed E-state index contributed by atoms with van der Waals surface area (Å²) in [6.07, 6.45) is 1.75. The van der Waals surface area contributed by atoms with E-state index >= 15 is 0 Å². The predicted octanol–water partition coefficient (Wildman–Crippen LogP) is 4.36. The number of cyclic esters (lactones) is 1. The number of aromatic nitrogens is 1. The first-order valence-corrected chi connectivity index (χ1v) is 8.60. The van der Waals surface area contributed by atoms with Crippen LogP contribution in [0.15, 0.2) is 57.0 Å². The number of benzene rings is 1. The van der Waals surface area contributed by atoms with Crippen molar-refractivity contribution >= 4 is 29.3 Å². The first-order valence-electron chi connectivity index (χ1n) is 7.72. The second-order valence-corrected chi connectivity index (χ2v) is 6.58. The Labute approximate surface area is 148 Å². The Morgan fingerprint density at radius 1 is 1.12 bits per heavy atom. The number of carbonyl (C=O) groups is 1. The van der Waals surface area contributed by atoms with E-state index in [0.29, 0.717) is 17.0 Å². The number of carbonyl (C=O) groups excluding carboxylic acids is 1. The number of hydrogen-bond acceptors (Lipinski definition) is 6. The zero-order chi connectivity index (χ0) is 17.4. The molecule has 0 N–H and O–H groups in total. The number of rotatable bonds is 3. The summed E-state index contributed by atoms with van der Waals surface area (Å²) in [7, 11) is 0. The largest absolute Gasteiger partial charge is 0.402 e. The van der Waals surface area contributed by atoms with Gasteiger partial charge in [0.1, 0.15) is 17.0 Å². The molecule has 2 aromatic heterocycles. The molecule has 1 aromatic carbocycles. The highest BCUT2D eigenvalue weighted by molar-refractivity contribution is 7.11. The van der Waals surface area contributed by atoms with Crippen LogP contribution in [-0.2, 0) is 9.53 Å². The van der Waals surface area contributed by atoms with Crippen LogP contribution in [0.3, 0.4) is 0 Å². The van der Waals surface area contributed by atoms with E-state index in [1.807, 2.05) is 48.7 Å². The standard InChI is InChI=1S/C19H14N2O3S/c1-11-8-9-25-15(11)10-14-19(22)23-18(20-14)16-12(2)24-21-17(16)13-6-4-3-5-7-13/h3-10H,1-2H3/b14-10-. The van der Waals surface area contributed by atoms with Crippen LogP contribution in [0.25, 0.3) is 17.3 Å². The molecule has 1 aliphatic rings. The highest BCUT2D eigenvalue weighted by Gasteiger charge is 2.30. The van der Waals surface area contributed by atoms with Crippen molar-refractivity contribution in [3.8, 4) is 11.3 Å². The van der Waals surface area contributed by atoms with Crippen molar-refractivity contribution in [3.05, 3.63) is 69.2 Å². The SMILES string of the molecule is Cc1ccsc1/C=C1\N=C(c2c(-c3ccccc3)noc2C)OC1=O. The third kappa shape index (κ3) is 2.81. The van der Waals surface area contributed by atoms with Crippen LogP contribution in [0.4, 0.5) is 0 Å². The maximum absolute atomic E-state index is 12.2. The number of esters is 1. The second-order valence-electron chi connectivity index (χ2n) is 5.63. The van der Waals surface area contributed by atoms with Gasteiger partial charge in [-0.25, -0.2) is 9.79 Å². The van der Waals surface area contributed by atoms with Gasteiger partial charge >= 0.3 is 5.97 Å². The number of nitrogens with zero attached hydrogens (tertiary/aromatic N) is 2. The summed E-state index contributed by atoms with van der Waals surface area (Å²) < 4.78 is 10.7. The minimum atomic E-state index is -0.470. The van der Waals surface area contributed by atoms with Gasteiger partial charge in [-0.15, -0.1) is 11.3 Å². The molecule has 0 saturated heterocycles. The van der Waals surface area contributed by atoms with Crippen molar-refractivity contribution in [2.24, 2.45) is 4.99 Å². The van der Waals surface area contributed by atoms with Crippen molar-refractivity contribution in [3.63, 3.8) is 0 Å². The maximum atomic E-state index is 12.2. The summed E-state index contributed by atoms with van der Waals surface area (Å²) in [5, 5.41) is 6.08. The lowest BCUT2D eigenvalue weighted by molar-refractivity contribution is -0.129. The Kier molecular flexibility index (Phi) is 3.82.